The normalized spacial score (nSPS) is 14.0. The van der Waals surface area contributed by atoms with E-state index < -0.39 is 29.6 Å². The smallest absolute Gasteiger partial charge is 0.412 e. The van der Waals surface area contributed by atoms with Crippen molar-refractivity contribution in [3.63, 3.8) is 0 Å². The van der Waals surface area contributed by atoms with Gasteiger partial charge in [0.15, 0.2) is 5.76 Å². The van der Waals surface area contributed by atoms with E-state index in [1.54, 1.807) is 56.3 Å². The van der Waals surface area contributed by atoms with Gasteiger partial charge in [-0.2, -0.15) is 0 Å². The number of aryl methyl sites for hydroxylation is 1. The molecular formula is C31H28ClN3O6. The van der Waals surface area contributed by atoms with Gasteiger partial charge in [0.25, 0.3) is 5.91 Å². The van der Waals surface area contributed by atoms with Gasteiger partial charge in [0, 0.05) is 34.6 Å². The summed E-state index contributed by atoms with van der Waals surface area (Å²) in [7, 11) is 1.31. The first-order valence-corrected chi connectivity index (χ1v) is 13.3. The molecule has 1 aliphatic carbocycles. The van der Waals surface area contributed by atoms with Crippen molar-refractivity contribution in [3.8, 4) is 11.3 Å². The molecule has 1 aromatic heterocycles. The number of methoxy groups -OCH3 is 1. The molecular weight excluding hydrogens is 546 g/mol. The molecule has 0 saturated carbocycles. The summed E-state index contributed by atoms with van der Waals surface area (Å²) < 4.78 is 16.1. The largest absolute Gasteiger partial charge is 0.467 e. The van der Waals surface area contributed by atoms with Gasteiger partial charge < -0.3 is 19.3 Å². The summed E-state index contributed by atoms with van der Waals surface area (Å²) in [6.07, 6.45) is -0.605. The third-order valence-electron chi connectivity index (χ3n) is 7.16. The van der Waals surface area contributed by atoms with E-state index in [1.165, 1.54) is 7.11 Å². The van der Waals surface area contributed by atoms with E-state index in [-0.39, 0.29) is 0 Å². The summed E-state index contributed by atoms with van der Waals surface area (Å²) in [4.78, 5) is 38.7. The van der Waals surface area contributed by atoms with Crippen molar-refractivity contribution in [3.05, 3.63) is 106 Å². The number of nitrogens with one attached hydrogen (secondary N) is 2. The number of aromatic nitrogens is 1. The third-order valence-corrected chi connectivity index (χ3v) is 7.50. The molecule has 2 amide bonds. The first-order valence-electron chi connectivity index (χ1n) is 13.0. The van der Waals surface area contributed by atoms with Crippen LogP contribution in [0.15, 0.2) is 77.3 Å². The number of carbonyl (C=O) groups excluding carboxylic acids is 3. The van der Waals surface area contributed by atoms with Gasteiger partial charge in [-0.1, -0.05) is 71.4 Å². The van der Waals surface area contributed by atoms with Crippen LogP contribution in [0.25, 0.3) is 11.3 Å². The number of nitrogens with zero attached hydrogens (tertiary/aromatic N) is 1. The van der Waals surface area contributed by atoms with E-state index in [2.05, 4.69) is 15.8 Å². The second-order valence-corrected chi connectivity index (χ2v) is 10.3. The Morgan fingerprint density at radius 2 is 1.61 bits per heavy atom. The molecule has 0 aliphatic heterocycles. The summed E-state index contributed by atoms with van der Waals surface area (Å²) in [5.41, 5.74) is 3.18. The van der Waals surface area contributed by atoms with Crippen LogP contribution in [0.1, 0.15) is 45.8 Å². The minimum Gasteiger partial charge on any atom is -0.467 e. The molecule has 5 rings (SSSR count). The summed E-state index contributed by atoms with van der Waals surface area (Å²) >= 11 is 6.22. The van der Waals surface area contributed by atoms with Crippen molar-refractivity contribution in [2.75, 3.05) is 12.4 Å². The molecule has 41 heavy (non-hydrogen) atoms. The molecule has 9 nitrogen and oxygen atoms in total. The highest BCUT2D eigenvalue weighted by molar-refractivity contribution is 6.31. The lowest BCUT2D eigenvalue weighted by atomic mass is 9.95. The fourth-order valence-corrected chi connectivity index (χ4v) is 5.32. The van der Waals surface area contributed by atoms with E-state index in [9.17, 15) is 14.4 Å². The topological polar surface area (TPSA) is 120 Å². The van der Waals surface area contributed by atoms with Gasteiger partial charge in [-0.25, -0.2) is 9.59 Å². The zero-order chi connectivity index (χ0) is 29.1. The Balaban J connectivity index is 1.30. The van der Waals surface area contributed by atoms with Crippen molar-refractivity contribution in [1.29, 1.82) is 0 Å². The number of fused-ring (bicyclic) bond motifs is 1. The van der Waals surface area contributed by atoms with Crippen LogP contribution >= 0.6 is 11.6 Å². The summed E-state index contributed by atoms with van der Waals surface area (Å²) in [5, 5.41) is 10.1. The Hall–Kier alpha value is -4.63. The van der Waals surface area contributed by atoms with Crippen LogP contribution in [0.4, 0.5) is 10.5 Å². The summed E-state index contributed by atoms with van der Waals surface area (Å²) in [6.45, 7) is 3.41. The van der Waals surface area contributed by atoms with Gasteiger partial charge in [-0.05, 0) is 43.2 Å². The highest BCUT2D eigenvalue weighted by atomic mass is 35.5. The van der Waals surface area contributed by atoms with Crippen molar-refractivity contribution < 1.29 is 28.4 Å². The molecule has 0 bridgehead atoms. The molecule has 0 spiro atoms. The van der Waals surface area contributed by atoms with Crippen LogP contribution in [0.3, 0.4) is 0 Å². The average Bonchev–Trinajstić information content (AvgIpc) is 3.53. The maximum Gasteiger partial charge on any atom is 0.412 e. The number of hydrogen-bond acceptors (Lipinski definition) is 7. The average molecular weight is 574 g/mol. The Labute approximate surface area is 241 Å². The van der Waals surface area contributed by atoms with Crippen molar-refractivity contribution in [2.24, 2.45) is 0 Å². The molecule has 10 heteroatoms. The molecule has 0 fully saturated rings. The fourth-order valence-electron chi connectivity index (χ4n) is 5.03. The van der Waals surface area contributed by atoms with Crippen LogP contribution < -0.4 is 10.6 Å². The highest BCUT2D eigenvalue weighted by Crippen LogP contribution is 2.34. The maximum absolute atomic E-state index is 13.2. The van der Waals surface area contributed by atoms with Crippen molar-refractivity contribution >= 4 is 35.3 Å². The predicted octanol–water partition coefficient (Wildman–Crippen LogP) is 6.05. The summed E-state index contributed by atoms with van der Waals surface area (Å²) in [5.74, 6) is -0.615. The van der Waals surface area contributed by atoms with Gasteiger partial charge in [-0.15, -0.1) is 0 Å². The second kappa shape index (κ2) is 11.5. The lowest BCUT2D eigenvalue weighted by Gasteiger charge is -2.27. The Morgan fingerprint density at radius 1 is 0.976 bits per heavy atom. The fraction of sp³-hybridized carbons (Fsp3) is 0.226. The molecule has 0 saturated heterocycles. The number of amides is 2. The molecule has 0 radical (unpaired) electrons. The zero-order valence-corrected chi connectivity index (χ0v) is 23.5. The van der Waals surface area contributed by atoms with Crippen molar-refractivity contribution in [2.45, 2.75) is 38.3 Å². The van der Waals surface area contributed by atoms with E-state index in [1.807, 2.05) is 30.3 Å². The quantitative estimate of drug-likeness (QED) is 0.258. The molecule has 210 valence electrons. The Morgan fingerprint density at radius 3 is 2.24 bits per heavy atom. The van der Waals surface area contributed by atoms with Crippen LogP contribution in [0.5, 0.6) is 0 Å². The number of ether oxygens (including phenoxy) is 2. The monoisotopic (exact) mass is 573 g/mol. The highest BCUT2D eigenvalue weighted by Gasteiger charge is 2.46. The van der Waals surface area contributed by atoms with Gasteiger partial charge in [0.05, 0.1) is 7.11 Å². The minimum absolute atomic E-state index is 0.300. The van der Waals surface area contributed by atoms with E-state index in [4.69, 9.17) is 25.6 Å². The number of rotatable bonds is 7. The first kappa shape index (κ1) is 27.9. The number of anilines is 1. The number of esters is 1. The summed E-state index contributed by atoms with van der Waals surface area (Å²) in [6, 6.07) is 21.4. The molecule has 1 atom stereocenters. The zero-order valence-electron chi connectivity index (χ0n) is 22.7. The third kappa shape index (κ3) is 5.67. The van der Waals surface area contributed by atoms with Crippen molar-refractivity contribution in [1.82, 2.24) is 10.5 Å². The van der Waals surface area contributed by atoms with Crippen LogP contribution in [0.2, 0.25) is 5.02 Å². The lowest BCUT2D eigenvalue weighted by Crippen LogP contribution is -2.56. The van der Waals surface area contributed by atoms with Gasteiger partial charge in [-0.3, -0.25) is 10.1 Å². The maximum atomic E-state index is 13.2. The van der Waals surface area contributed by atoms with Crippen LogP contribution in [0, 0.1) is 6.92 Å². The van der Waals surface area contributed by atoms with Gasteiger partial charge in [0.2, 0.25) is 0 Å². The van der Waals surface area contributed by atoms with Crippen LogP contribution in [-0.2, 0) is 27.1 Å². The van der Waals surface area contributed by atoms with E-state index in [0.717, 1.165) is 11.1 Å². The molecule has 1 heterocycles. The van der Waals surface area contributed by atoms with Gasteiger partial charge >= 0.3 is 12.1 Å². The number of hydrogen-bond donors (Lipinski definition) is 2. The predicted molar refractivity (Wildman–Crippen MR) is 153 cm³/mol. The van der Waals surface area contributed by atoms with Gasteiger partial charge in [0.1, 0.15) is 23.0 Å². The first-order chi connectivity index (χ1) is 19.7. The number of halogens is 1. The van der Waals surface area contributed by atoms with Crippen LogP contribution in [-0.4, -0.2) is 35.8 Å². The number of benzene rings is 3. The molecule has 2 N–H and O–H groups in total. The Kier molecular flexibility index (Phi) is 7.81. The SMILES string of the molecule is COC(=O)C1(NC(=O)c2ccc(-c3onc(C)c3NC(=O)OC(C)c3ccccc3Cl)cc2)Cc2ccccc2C1. The standard InChI is InChI=1S/C31H28ClN3O6/c1-18-26(33-30(38)40-19(2)24-10-6-7-11-25(24)32)27(41-35-18)20-12-14-21(15-13-20)28(36)34-31(29(37)39-3)16-22-8-4-5-9-23(22)17-31/h4-15,19H,16-17H2,1-3H3,(H,33,38)(H,34,36). The Bertz CT molecular complexity index is 1590. The second-order valence-electron chi connectivity index (χ2n) is 9.89. The molecule has 3 aromatic carbocycles. The molecule has 1 unspecified atom stereocenters. The number of carbonyl (C=O) groups is 3. The minimum atomic E-state index is -1.19. The molecule has 1 aliphatic rings. The van der Waals surface area contributed by atoms with E-state index >= 15 is 0 Å². The molecule has 4 aromatic rings. The van der Waals surface area contributed by atoms with E-state index in [0.29, 0.717) is 51.7 Å². The lowest BCUT2D eigenvalue weighted by molar-refractivity contribution is -0.147.